The SMILES string of the molecule is CN1CCN(c2ccc(C(=O)Cl)cc2)CC1.Cl. The Kier molecular flexibility index (Phi) is 5.25. The summed E-state index contributed by atoms with van der Waals surface area (Å²) in [6.45, 7) is 4.22. The smallest absolute Gasteiger partial charge is 0.252 e. The van der Waals surface area contributed by atoms with Crippen LogP contribution in [-0.4, -0.2) is 43.4 Å². The molecular formula is C12H16Cl2N2O. The summed E-state index contributed by atoms with van der Waals surface area (Å²) in [6.07, 6.45) is 0. The zero-order valence-electron chi connectivity index (χ0n) is 9.73. The normalized spacial score (nSPS) is 16.5. The van der Waals surface area contributed by atoms with Gasteiger partial charge in [0.2, 0.25) is 0 Å². The monoisotopic (exact) mass is 274 g/mol. The molecule has 0 N–H and O–H groups in total. The van der Waals surface area contributed by atoms with Gasteiger partial charge in [0.1, 0.15) is 0 Å². The first-order valence-corrected chi connectivity index (χ1v) is 5.78. The zero-order valence-corrected chi connectivity index (χ0v) is 11.3. The molecule has 1 aromatic rings. The molecule has 0 radical (unpaired) electrons. The van der Waals surface area contributed by atoms with Crippen LogP contribution in [0.1, 0.15) is 10.4 Å². The lowest BCUT2D eigenvalue weighted by molar-refractivity contribution is 0.108. The van der Waals surface area contributed by atoms with Gasteiger partial charge in [0, 0.05) is 37.4 Å². The van der Waals surface area contributed by atoms with Gasteiger partial charge in [-0.15, -0.1) is 12.4 Å². The van der Waals surface area contributed by atoms with E-state index >= 15 is 0 Å². The highest BCUT2D eigenvalue weighted by atomic mass is 35.5. The summed E-state index contributed by atoms with van der Waals surface area (Å²) < 4.78 is 0. The van der Waals surface area contributed by atoms with Gasteiger partial charge >= 0.3 is 0 Å². The second-order valence-electron chi connectivity index (χ2n) is 4.11. The number of halogens is 2. The van der Waals surface area contributed by atoms with Crippen LogP contribution in [0.2, 0.25) is 0 Å². The number of likely N-dealkylation sites (N-methyl/N-ethyl adjacent to an activating group) is 1. The van der Waals surface area contributed by atoms with Crippen LogP contribution >= 0.6 is 24.0 Å². The molecule has 1 aromatic carbocycles. The van der Waals surface area contributed by atoms with E-state index in [9.17, 15) is 4.79 Å². The van der Waals surface area contributed by atoms with Crippen molar-refractivity contribution in [2.45, 2.75) is 0 Å². The van der Waals surface area contributed by atoms with E-state index in [0.717, 1.165) is 31.9 Å². The first kappa shape index (κ1) is 14.3. The van der Waals surface area contributed by atoms with Gasteiger partial charge in [-0.2, -0.15) is 0 Å². The van der Waals surface area contributed by atoms with E-state index < -0.39 is 5.24 Å². The minimum Gasteiger partial charge on any atom is -0.369 e. The van der Waals surface area contributed by atoms with Crippen molar-refractivity contribution in [1.82, 2.24) is 4.90 Å². The molecule has 1 aliphatic rings. The van der Waals surface area contributed by atoms with Gasteiger partial charge in [-0.05, 0) is 42.9 Å². The Morgan fingerprint density at radius 1 is 1.12 bits per heavy atom. The second-order valence-corrected chi connectivity index (χ2v) is 4.45. The number of piperazine rings is 1. The summed E-state index contributed by atoms with van der Waals surface area (Å²) in [5, 5.41) is -0.398. The van der Waals surface area contributed by atoms with Crippen LogP contribution in [0.15, 0.2) is 24.3 Å². The molecule has 1 heterocycles. The maximum atomic E-state index is 10.9. The summed E-state index contributed by atoms with van der Waals surface area (Å²) in [4.78, 5) is 15.6. The second kappa shape index (κ2) is 6.24. The molecule has 1 fully saturated rings. The topological polar surface area (TPSA) is 23.6 Å². The molecule has 1 aliphatic heterocycles. The Labute approximate surface area is 113 Å². The summed E-state index contributed by atoms with van der Waals surface area (Å²) in [5.74, 6) is 0. The number of hydrogen-bond acceptors (Lipinski definition) is 3. The molecule has 3 nitrogen and oxygen atoms in total. The largest absolute Gasteiger partial charge is 0.369 e. The van der Waals surface area contributed by atoms with E-state index in [2.05, 4.69) is 16.8 Å². The van der Waals surface area contributed by atoms with Crippen molar-refractivity contribution in [3.8, 4) is 0 Å². The Morgan fingerprint density at radius 3 is 2.12 bits per heavy atom. The summed E-state index contributed by atoms with van der Waals surface area (Å²) in [7, 11) is 2.13. The maximum Gasteiger partial charge on any atom is 0.252 e. The lowest BCUT2D eigenvalue weighted by atomic mass is 10.2. The van der Waals surface area contributed by atoms with Crippen molar-refractivity contribution in [3.05, 3.63) is 29.8 Å². The highest BCUT2D eigenvalue weighted by molar-refractivity contribution is 6.67. The molecule has 0 unspecified atom stereocenters. The van der Waals surface area contributed by atoms with Crippen LogP contribution in [0.3, 0.4) is 0 Å². The average molecular weight is 275 g/mol. The highest BCUT2D eigenvalue weighted by Crippen LogP contribution is 2.17. The first-order valence-electron chi connectivity index (χ1n) is 5.40. The van der Waals surface area contributed by atoms with Crippen LogP contribution in [-0.2, 0) is 0 Å². The molecule has 0 aliphatic carbocycles. The number of anilines is 1. The van der Waals surface area contributed by atoms with Crippen molar-refractivity contribution >= 4 is 34.9 Å². The average Bonchev–Trinajstić information content (AvgIpc) is 2.30. The molecule has 5 heteroatoms. The van der Waals surface area contributed by atoms with Crippen molar-refractivity contribution in [2.24, 2.45) is 0 Å². The van der Waals surface area contributed by atoms with Crippen molar-refractivity contribution in [2.75, 3.05) is 38.1 Å². The Morgan fingerprint density at radius 2 is 1.65 bits per heavy atom. The quantitative estimate of drug-likeness (QED) is 0.773. The van der Waals surface area contributed by atoms with E-state index in [1.807, 2.05) is 12.1 Å². The highest BCUT2D eigenvalue weighted by Gasteiger charge is 2.14. The van der Waals surface area contributed by atoms with Crippen LogP contribution in [0, 0.1) is 0 Å². The number of nitrogens with zero attached hydrogens (tertiary/aromatic N) is 2. The zero-order chi connectivity index (χ0) is 11.5. The molecule has 94 valence electrons. The third-order valence-corrected chi connectivity index (χ3v) is 3.18. The standard InChI is InChI=1S/C12H15ClN2O.ClH/c1-14-6-8-15(9-7-14)11-4-2-10(3-5-11)12(13)16;/h2-5H,6-9H2,1H3;1H. The molecule has 0 atom stereocenters. The van der Waals surface area contributed by atoms with Crippen molar-refractivity contribution in [3.63, 3.8) is 0 Å². The Hall–Kier alpha value is -0.770. The van der Waals surface area contributed by atoms with Crippen molar-refractivity contribution < 1.29 is 4.79 Å². The fraction of sp³-hybridized carbons (Fsp3) is 0.417. The molecule has 17 heavy (non-hydrogen) atoms. The summed E-state index contributed by atoms with van der Waals surface area (Å²) >= 11 is 5.40. The summed E-state index contributed by atoms with van der Waals surface area (Å²) in [6, 6.07) is 7.48. The van der Waals surface area contributed by atoms with E-state index in [-0.39, 0.29) is 12.4 Å². The predicted octanol–water partition coefficient (Wildman–Crippen LogP) is 2.24. The summed E-state index contributed by atoms with van der Waals surface area (Å²) in [5.41, 5.74) is 1.72. The van der Waals surface area contributed by atoms with Crippen LogP contribution < -0.4 is 4.90 Å². The third kappa shape index (κ3) is 3.60. The van der Waals surface area contributed by atoms with Gasteiger partial charge in [-0.25, -0.2) is 0 Å². The lowest BCUT2D eigenvalue weighted by Crippen LogP contribution is -2.44. The molecule has 0 saturated carbocycles. The maximum absolute atomic E-state index is 10.9. The van der Waals surface area contributed by atoms with Gasteiger partial charge in [0.15, 0.2) is 0 Å². The molecule has 1 saturated heterocycles. The Balaban J connectivity index is 0.00000144. The van der Waals surface area contributed by atoms with Gasteiger partial charge in [0.25, 0.3) is 5.24 Å². The van der Waals surface area contributed by atoms with Gasteiger partial charge in [-0.1, -0.05) is 0 Å². The first-order chi connectivity index (χ1) is 7.66. The molecule has 0 bridgehead atoms. The third-order valence-electron chi connectivity index (χ3n) is 2.96. The molecule has 0 amide bonds. The number of hydrogen-bond donors (Lipinski definition) is 0. The number of carbonyl (C=O) groups is 1. The fourth-order valence-electron chi connectivity index (χ4n) is 1.87. The number of rotatable bonds is 2. The van der Waals surface area contributed by atoms with E-state index in [1.165, 1.54) is 0 Å². The van der Waals surface area contributed by atoms with Gasteiger partial charge in [-0.3, -0.25) is 4.79 Å². The van der Waals surface area contributed by atoms with Crippen LogP contribution in [0.25, 0.3) is 0 Å². The van der Waals surface area contributed by atoms with E-state index in [1.54, 1.807) is 12.1 Å². The van der Waals surface area contributed by atoms with E-state index in [0.29, 0.717) is 5.56 Å². The molecule has 2 rings (SSSR count). The van der Waals surface area contributed by atoms with Crippen LogP contribution in [0.5, 0.6) is 0 Å². The number of benzene rings is 1. The Bertz CT molecular complexity index is 373. The number of carbonyl (C=O) groups excluding carboxylic acids is 1. The van der Waals surface area contributed by atoms with Crippen LogP contribution in [0.4, 0.5) is 5.69 Å². The lowest BCUT2D eigenvalue weighted by Gasteiger charge is -2.34. The van der Waals surface area contributed by atoms with Gasteiger partial charge in [0.05, 0.1) is 0 Å². The minimum absolute atomic E-state index is 0. The van der Waals surface area contributed by atoms with E-state index in [4.69, 9.17) is 11.6 Å². The fourth-order valence-corrected chi connectivity index (χ4v) is 1.99. The molecular weight excluding hydrogens is 259 g/mol. The molecule has 0 aromatic heterocycles. The molecule has 0 spiro atoms. The minimum atomic E-state index is -0.398. The predicted molar refractivity (Wildman–Crippen MR) is 73.6 cm³/mol. The van der Waals surface area contributed by atoms with Crippen molar-refractivity contribution in [1.29, 1.82) is 0 Å². The van der Waals surface area contributed by atoms with Gasteiger partial charge < -0.3 is 9.80 Å².